The van der Waals surface area contributed by atoms with Crippen molar-refractivity contribution in [2.75, 3.05) is 0 Å². The Labute approximate surface area is 162 Å². The number of carbonyl (C=O) groups is 1. The van der Waals surface area contributed by atoms with Crippen molar-refractivity contribution >= 4 is 22.6 Å². The molecule has 0 amide bonds. The predicted molar refractivity (Wildman–Crippen MR) is 112 cm³/mol. The Balaban J connectivity index is 1.70. The number of hydrogen-bond acceptors (Lipinski definition) is 3. The number of benzene rings is 2. The highest BCUT2D eigenvalue weighted by molar-refractivity contribution is 5.84. The molecule has 0 aliphatic carbocycles. The Morgan fingerprint density at radius 1 is 1.00 bits per heavy atom. The number of rotatable bonds is 12. The van der Waals surface area contributed by atoms with Gasteiger partial charge in [-0.3, -0.25) is 10.2 Å². The molecule has 0 heterocycles. The molecule has 1 atom stereocenters. The molecule has 0 aromatic heterocycles. The van der Waals surface area contributed by atoms with E-state index in [-0.39, 0.29) is 17.7 Å². The summed E-state index contributed by atoms with van der Waals surface area (Å²) in [5.41, 5.74) is 5.73. The zero-order valence-electron chi connectivity index (χ0n) is 16.4. The van der Waals surface area contributed by atoms with Gasteiger partial charge in [0.05, 0.1) is 5.84 Å². The minimum absolute atomic E-state index is 0.151. The molecule has 0 aliphatic heterocycles. The van der Waals surface area contributed by atoms with Crippen LogP contribution in [0.4, 0.5) is 0 Å². The van der Waals surface area contributed by atoms with Gasteiger partial charge in [-0.25, -0.2) is 0 Å². The Bertz CT molecular complexity index is 742. The number of unbranched alkanes of at least 4 members (excludes halogenated alkanes) is 4. The predicted octanol–water partition coefficient (Wildman–Crippen LogP) is 5.83. The van der Waals surface area contributed by atoms with E-state index in [0.717, 1.165) is 42.9 Å². The molecule has 0 aliphatic rings. The van der Waals surface area contributed by atoms with Crippen LogP contribution < -0.4 is 10.5 Å². The summed E-state index contributed by atoms with van der Waals surface area (Å²) in [5.74, 6) is 0.826. The van der Waals surface area contributed by atoms with Crippen molar-refractivity contribution in [3.05, 3.63) is 42.5 Å². The Hall–Kier alpha value is -2.36. The fourth-order valence-electron chi connectivity index (χ4n) is 3.35. The van der Waals surface area contributed by atoms with Gasteiger partial charge >= 0.3 is 5.97 Å². The van der Waals surface area contributed by atoms with Crippen LogP contribution in [0.2, 0.25) is 0 Å². The minimum atomic E-state index is -0.201. The second-order valence-corrected chi connectivity index (χ2v) is 7.23. The summed E-state index contributed by atoms with van der Waals surface area (Å²) in [6.07, 6.45) is 8.71. The summed E-state index contributed by atoms with van der Waals surface area (Å²) in [4.78, 5) is 12.1. The molecule has 0 saturated heterocycles. The van der Waals surface area contributed by atoms with Crippen LogP contribution in [-0.2, 0) is 4.79 Å². The average Bonchev–Trinajstić information content (AvgIpc) is 2.66. The van der Waals surface area contributed by atoms with Gasteiger partial charge in [-0.15, -0.1) is 0 Å². The van der Waals surface area contributed by atoms with Gasteiger partial charge in [0.2, 0.25) is 0 Å². The normalized spacial score (nSPS) is 12.0. The van der Waals surface area contributed by atoms with Gasteiger partial charge in [-0.1, -0.05) is 69.4 Å². The zero-order chi connectivity index (χ0) is 19.5. The van der Waals surface area contributed by atoms with Crippen molar-refractivity contribution in [1.29, 1.82) is 5.41 Å². The third kappa shape index (κ3) is 7.41. The van der Waals surface area contributed by atoms with Crippen LogP contribution in [0.15, 0.2) is 42.5 Å². The van der Waals surface area contributed by atoms with E-state index >= 15 is 0 Å². The number of carbonyl (C=O) groups excluding carboxylic acids is 1. The van der Waals surface area contributed by atoms with Gasteiger partial charge in [0, 0.05) is 12.3 Å². The average molecular weight is 369 g/mol. The van der Waals surface area contributed by atoms with Crippen molar-refractivity contribution in [3.63, 3.8) is 0 Å². The maximum absolute atomic E-state index is 12.1. The van der Waals surface area contributed by atoms with Gasteiger partial charge in [0.1, 0.15) is 5.75 Å². The van der Waals surface area contributed by atoms with Crippen LogP contribution >= 0.6 is 0 Å². The molecule has 0 fully saturated rings. The molecule has 2 aromatic rings. The fraction of sp³-hybridized carbons (Fsp3) is 0.478. The highest BCUT2D eigenvalue weighted by atomic mass is 16.5. The number of fused-ring (bicyclic) bond motifs is 1. The van der Waals surface area contributed by atoms with Crippen molar-refractivity contribution in [1.82, 2.24) is 0 Å². The summed E-state index contributed by atoms with van der Waals surface area (Å²) in [7, 11) is 0. The Morgan fingerprint density at radius 3 is 2.41 bits per heavy atom. The van der Waals surface area contributed by atoms with Gasteiger partial charge in [0.15, 0.2) is 0 Å². The molecule has 0 bridgehead atoms. The van der Waals surface area contributed by atoms with Gasteiger partial charge < -0.3 is 10.5 Å². The first-order valence-corrected chi connectivity index (χ1v) is 10.1. The lowest BCUT2D eigenvalue weighted by Gasteiger charge is -2.15. The van der Waals surface area contributed by atoms with Crippen LogP contribution in [0.3, 0.4) is 0 Å². The largest absolute Gasteiger partial charge is 0.427 e. The van der Waals surface area contributed by atoms with Crippen LogP contribution in [0.5, 0.6) is 5.75 Å². The second-order valence-electron chi connectivity index (χ2n) is 7.23. The first-order chi connectivity index (χ1) is 13.1. The van der Waals surface area contributed by atoms with E-state index in [9.17, 15) is 4.79 Å². The summed E-state index contributed by atoms with van der Waals surface area (Å²) in [5, 5.41) is 9.95. The molecule has 1 unspecified atom stereocenters. The van der Waals surface area contributed by atoms with E-state index in [4.69, 9.17) is 15.9 Å². The quantitative estimate of drug-likeness (QED) is 0.163. The molecule has 0 saturated carbocycles. The minimum Gasteiger partial charge on any atom is -0.427 e. The first-order valence-electron chi connectivity index (χ1n) is 10.1. The molecule has 2 aromatic carbocycles. The number of nitrogens with two attached hydrogens (primary N) is 1. The van der Waals surface area contributed by atoms with Gasteiger partial charge in [-0.2, -0.15) is 0 Å². The molecule has 2 rings (SSSR count). The van der Waals surface area contributed by atoms with Crippen LogP contribution in [0.1, 0.15) is 64.7 Å². The molecular formula is C23H32N2O2. The lowest BCUT2D eigenvalue weighted by molar-refractivity contribution is -0.134. The molecule has 0 radical (unpaired) electrons. The van der Waals surface area contributed by atoms with E-state index in [1.54, 1.807) is 0 Å². The van der Waals surface area contributed by atoms with Crippen LogP contribution in [-0.4, -0.2) is 11.8 Å². The zero-order valence-corrected chi connectivity index (χ0v) is 16.4. The van der Waals surface area contributed by atoms with Crippen molar-refractivity contribution in [2.24, 2.45) is 11.7 Å². The molecule has 27 heavy (non-hydrogen) atoms. The number of amidine groups is 1. The Kier molecular flexibility index (Phi) is 8.82. The molecule has 4 heteroatoms. The summed E-state index contributed by atoms with van der Waals surface area (Å²) >= 11 is 0. The number of esters is 1. The van der Waals surface area contributed by atoms with Gasteiger partial charge in [0.25, 0.3) is 0 Å². The summed E-state index contributed by atoms with van der Waals surface area (Å²) in [6.45, 7) is 2.19. The van der Waals surface area contributed by atoms with E-state index < -0.39 is 0 Å². The smallest absolute Gasteiger partial charge is 0.311 e. The maximum atomic E-state index is 12.1. The monoisotopic (exact) mass is 368 g/mol. The highest BCUT2D eigenvalue weighted by Gasteiger charge is 2.12. The molecule has 146 valence electrons. The van der Waals surface area contributed by atoms with E-state index in [1.165, 1.54) is 19.3 Å². The molecule has 0 spiro atoms. The number of ether oxygens (including phenoxy) is 1. The first kappa shape index (κ1) is 20.9. The van der Waals surface area contributed by atoms with E-state index in [2.05, 4.69) is 6.92 Å². The standard InChI is InChI=1S/C23H32N2O2/c1-2-3-4-5-11-19(23(24)25)12-8-9-14-22(26)27-21-16-15-18-10-6-7-13-20(18)17-21/h6-7,10,13,15-17,19H,2-5,8-9,11-12,14H2,1H3,(H3,24,25). The van der Waals surface area contributed by atoms with Crippen LogP contribution in [0.25, 0.3) is 10.8 Å². The maximum Gasteiger partial charge on any atom is 0.311 e. The fourth-order valence-corrected chi connectivity index (χ4v) is 3.35. The molecular weight excluding hydrogens is 336 g/mol. The topological polar surface area (TPSA) is 76.2 Å². The molecule has 3 N–H and O–H groups in total. The lowest BCUT2D eigenvalue weighted by Crippen LogP contribution is -2.22. The van der Waals surface area contributed by atoms with E-state index in [0.29, 0.717) is 12.2 Å². The van der Waals surface area contributed by atoms with E-state index in [1.807, 2.05) is 42.5 Å². The van der Waals surface area contributed by atoms with Crippen molar-refractivity contribution in [3.8, 4) is 5.75 Å². The second kappa shape index (κ2) is 11.4. The molecule has 4 nitrogen and oxygen atoms in total. The number of hydrogen-bond donors (Lipinski definition) is 2. The number of nitrogens with one attached hydrogen (secondary N) is 1. The summed E-state index contributed by atoms with van der Waals surface area (Å²) < 4.78 is 5.46. The Morgan fingerprint density at radius 2 is 1.70 bits per heavy atom. The highest BCUT2D eigenvalue weighted by Crippen LogP contribution is 2.22. The van der Waals surface area contributed by atoms with Crippen molar-refractivity contribution < 1.29 is 9.53 Å². The van der Waals surface area contributed by atoms with Crippen molar-refractivity contribution in [2.45, 2.75) is 64.7 Å². The third-order valence-corrected chi connectivity index (χ3v) is 4.98. The summed E-state index contributed by atoms with van der Waals surface area (Å²) in [6, 6.07) is 13.7. The SMILES string of the molecule is CCCCCCC(CCCCC(=O)Oc1ccc2ccccc2c1)C(=N)N. The van der Waals surface area contributed by atoms with Crippen LogP contribution in [0, 0.1) is 11.3 Å². The third-order valence-electron chi connectivity index (χ3n) is 4.98. The van der Waals surface area contributed by atoms with Gasteiger partial charge in [-0.05, 0) is 42.2 Å². The lowest BCUT2D eigenvalue weighted by atomic mass is 9.94.